The van der Waals surface area contributed by atoms with E-state index in [1.165, 1.54) is 0 Å². The Labute approximate surface area is 82.2 Å². The third-order valence-electron chi connectivity index (χ3n) is 1.66. The van der Waals surface area contributed by atoms with Crippen LogP contribution in [0.15, 0.2) is 6.07 Å². The van der Waals surface area contributed by atoms with Crippen molar-refractivity contribution in [2.75, 3.05) is 6.54 Å². The first-order chi connectivity index (χ1) is 6.69. The molecule has 1 rings (SSSR count). The van der Waals surface area contributed by atoms with Crippen LogP contribution in [0.1, 0.15) is 16.1 Å². The van der Waals surface area contributed by atoms with Gasteiger partial charge in [-0.25, -0.2) is 9.37 Å². The minimum Gasteiger partial charge on any atom is -0.300 e. The molecule has 1 heterocycles. The smallest absolute Gasteiger partial charge is 0.226 e. The van der Waals surface area contributed by atoms with Crippen LogP contribution in [0.25, 0.3) is 0 Å². The second-order valence-electron chi connectivity index (χ2n) is 2.62. The summed E-state index contributed by atoms with van der Waals surface area (Å²) in [5.74, 6) is -1.93. The Kier molecular flexibility index (Phi) is 4.04. The summed E-state index contributed by atoms with van der Waals surface area (Å²) in [4.78, 5) is 13.7. The van der Waals surface area contributed by atoms with Crippen LogP contribution >= 0.6 is 9.39 Å². The van der Waals surface area contributed by atoms with Crippen molar-refractivity contribution in [2.24, 2.45) is 0 Å². The number of halogens is 2. The number of carbonyl (C=O) groups is 1. The van der Waals surface area contributed by atoms with E-state index < -0.39 is 17.3 Å². The van der Waals surface area contributed by atoms with E-state index in [2.05, 4.69) is 19.5 Å². The summed E-state index contributed by atoms with van der Waals surface area (Å²) in [6.07, 6.45) is 0.520. The number of nitrogens with one attached hydrogen (secondary N) is 1. The maximum Gasteiger partial charge on any atom is 0.226 e. The van der Waals surface area contributed by atoms with E-state index in [1.54, 1.807) is 0 Å². The van der Waals surface area contributed by atoms with E-state index in [9.17, 15) is 13.6 Å². The Morgan fingerprint density at radius 1 is 1.57 bits per heavy atom. The average molecular weight is 218 g/mol. The molecule has 3 nitrogen and oxygen atoms in total. The molecule has 0 aliphatic rings. The highest BCUT2D eigenvalue weighted by atomic mass is 31.0. The van der Waals surface area contributed by atoms with Crippen LogP contribution in [0.3, 0.4) is 0 Å². The quantitative estimate of drug-likeness (QED) is 0.467. The highest BCUT2D eigenvalue weighted by molar-refractivity contribution is 7.13. The van der Waals surface area contributed by atoms with Gasteiger partial charge in [-0.05, 0) is 6.07 Å². The Balaban J connectivity index is 2.95. The zero-order valence-corrected chi connectivity index (χ0v) is 8.41. The Morgan fingerprint density at radius 3 is 2.79 bits per heavy atom. The Hall–Kier alpha value is -0.930. The molecule has 0 fully saturated rings. The van der Waals surface area contributed by atoms with Crippen molar-refractivity contribution in [1.82, 2.24) is 10.1 Å². The number of aromatic nitrogens is 1. The van der Waals surface area contributed by atoms with Gasteiger partial charge in [0, 0.05) is 18.7 Å². The fraction of sp³-hybridized carbons (Fsp3) is 0.250. The molecule has 6 heteroatoms. The molecule has 0 saturated carbocycles. The molecule has 76 valence electrons. The predicted octanol–water partition coefficient (Wildman–Crippen LogP) is 1.09. The number of carbonyl (C=O) groups excluding carboxylic acids is 1. The minimum atomic E-state index is -1.06. The SMILES string of the molecule is O=Cc1c(F)cc(CCNP)nc1F. The van der Waals surface area contributed by atoms with Crippen LogP contribution in [-0.4, -0.2) is 17.8 Å². The van der Waals surface area contributed by atoms with Crippen LogP contribution in [-0.2, 0) is 6.42 Å². The van der Waals surface area contributed by atoms with Crippen molar-refractivity contribution >= 4 is 15.7 Å². The van der Waals surface area contributed by atoms with Crippen molar-refractivity contribution in [1.29, 1.82) is 0 Å². The van der Waals surface area contributed by atoms with Gasteiger partial charge in [0.15, 0.2) is 6.29 Å². The van der Waals surface area contributed by atoms with E-state index in [4.69, 9.17) is 0 Å². The normalized spacial score (nSPS) is 10.2. The molecule has 14 heavy (non-hydrogen) atoms. The van der Waals surface area contributed by atoms with Gasteiger partial charge in [0.1, 0.15) is 11.4 Å². The summed E-state index contributed by atoms with van der Waals surface area (Å²) >= 11 is 0. The lowest BCUT2D eigenvalue weighted by Crippen LogP contribution is -2.08. The zero-order chi connectivity index (χ0) is 10.6. The third-order valence-corrected chi connectivity index (χ3v) is 1.95. The maximum atomic E-state index is 13.0. The van der Waals surface area contributed by atoms with E-state index in [0.717, 1.165) is 6.07 Å². The summed E-state index contributed by atoms with van der Waals surface area (Å²) in [7, 11) is 2.27. The monoisotopic (exact) mass is 218 g/mol. The van der Waals surface area contributed by atoms with Crippen LogP contribution in [0, 0.1) is 11.8 Å². The summed E-state index contributed by atoms with van der Waals surface area (Å²) in [5, 5.41) is 2.75. The summed E-state index contributed by atoms with van der Waals surface area (Å²) in [5.41, 5.74) is -0.340. The van der Waals surface area contributed by atoms with Crippen molar-refractivity contribution in [3.05, 3.63) is 29.1 Å². The van der Waals surface area contributed by atoms with Crippen LogP contribution < -0.4 is 5.09 Å². The molecule has 0 aromatic carbocycles. The van der Waals surface area contributed by atoms with E-state index >= 15 is 0 Å². The maximum absolute atomic E-state index is 13.0. The van der Waals surface area contributed by atoms with Gasteiger partial charge in [0.2, 0.25) is 5.95 Å². The molecule has 0 aliphatic carbocycles. The van der Waals surface area contributed by atoms with Gasteiger partial charge in [0.25, 0.3) is 0 Å². The summed E-state index contributed by atoms with van der Waals surface area (Å²) in [6.45, 7) is 0.539. The Bertz CT molecular complexity index is 323. The first-order valence-corrected chi connectivity index (χ1v) is 4.50. The molecule has 0 radical (unpaired) electrons. The van der Waals surface area contributed by atoms with Crippen LogP contribution in [0.2, 0.25) is 0 Å². The van der Waals surface area contributed by atoms with Crippen molar-refractivity contribution in [2.45, 2.75) is 6.42 Å². The molecule has 1 aromatic heterocycles. The van der Waals surface area contributed by atoms with Gasteiger partial charge in [-0.1, -0.05) is 9.39 Å². The van der Waals surface area contributed by atoms with Gasteiger partial charge in [0.05, 0.1) is 0 Å². The summed E-state index contributed by atoms with van der Waals surface area (Å²) < 4.78 is 25.9. The number of pyridine rings is 1. The number of rotatable bonds is 4. The number of nitrogens with zero attached hydrogens (tertiary/aromatic N) is 1. The van der Waals surface area contributed by atoms with Gasteiger partial charge < -0.3 is 5.09 Å². The first kappa shape index (κ1) is 11.1. The molecular formula is C8H9F2N2OP. The number of aldehydes is 1. The molecule has 0 saturated heterocycles. The van der Waals surface area contributed by atoms with Crippen LogP contribution in [0.5, 0.6) is 0 Å². The topological polar surface area (TPSA) is 42.0 Å². The van der Waals surface area contributed by atoms with Crippen molar-refractivity contribution in [3.8, 4) is 0 Å². The van der Waals surface area contributed by atoms with Crippen molar-refractivity contribution in [3.63, 3.8) is 0 Å². The average Bonchev–Trinajstić information content (AvgIpc) is 2.14. The van der Waals surface area contributed by atoms with E-state index in [-0.39, 0.29) is 12.0 Å². The standard InChI is InChI=1S/C8H9F2N2OP/c9-7-3-5(1-2-11-14)12-8(10)6(7)4-13/h3-4,11H,1-2,14H2. The third kappa shape index (κ3) is 2.53. The fourth-order valence-corrected chi connectivity index (χ4v) is 1.12. The molecule has 0 bridgehead atoms. The molecule has 1 atom stereocenters. The molecular weight excluding hydrogens is 209 g/mol. The predicted molar refractivity (Wildman–Crippen MR) is 51.0 cm³/mol. The molecule has 0 amide bonds. The minimum absolute atomic E-state index is 0.120. The lowest BCUT2D eigenvalue weighted by molar-refractivity contribution is 0.111. The molecule has 1 unspecified atom stereocenters. The van der Waals surface area contributed by atoms with Crippen LogP contribution in [0.4, 0.5) is 8.78 Å². The van der Waals surface area contributed by atoms with Gasteiger partial charge in [-0.2, -0.15) is 4.39 Å². The second kappa shape index (κ2) is 5.08. The second-order valence-corrected chi connectivity index (χ2v) is 3.03. The lowest BCUT2D eigenvalue weighted by Gasteiger charge is -2.02. The fourth-order valence-electron chi connectivity index (χ4n) is 0.974. The largest absolute Gasteiger partial charge is 0.300 e. The van der Waals surface area contributed by atoms with Crippen molar-refractivity contribution < 1.29 is 13.6 Å². The highest BCUT2D eigenvalue weighted by Gasteiger charge is 2.11. The van der Waals surface area contributed by atoms with E-state index in [1.807, 2.05) is 0 Å². The summed E-state index contributed by atoms with van der Waals surface area (Å²) in [6, 6.07) is 1.06. The van der Waals surface area contributed by atoms with Gasteiger partial charge in [-0.3, -0.25) is 4.79 Å². The first-order valence-electron chi connectivity index (χ1n) is 3.92. The van der Waals surface area contributed by atoms with Gasteiger partial charge in [-0.15, -0.1) is 0 Å². The Morgan fingerprint density at radius 2 is 2.29 bits per heavy atom. The zero-order valence-electron chi connectivity index (χ0n) is 7.26. The molecule has 0 aliphatic heterocycles. The molecule has 1 N–H and O–H groups in total. The lowest BCUT2D eigenvalue weighted by atomic mass is 10.2. The van der Waals surface area contributed by atoms with E-state index in [0.29, 0.717) is 13.0 Å². The number of hydrogen-bond acceptors (Lipinski definition) is 3. The van der Waals surface area contributed by atoms with Gasteiger partial charge >= 0.3 is 0 Å². The number of hydrogen-bond donors (Lipinski definition) is 1. The molecule has 1 aromatic rings. The highest BCUT2D eigenvalue weighted by Crippen LogP contribution is 2.10. The molecule has 0 spiro atoms.